The standard InChI is InChI=1S/C19H32N4O3S2.HI/c1-6-20-18(21-12-19(27-5)8-10-25-11-9-19)23-14(4)16-22-13(3)15(28-16)17(24)26-7-2;/h14H,6-12H2,1-5H3,(H2,20,21,23);1H. The quantitative estimate of drug-likeness (QED) is 0.218. The van der Waals surface area contributed by atoms with Gasteiger partial charge in [0.25, 0.3) is 0 Å². The normalized spacial score (nSPS) is 17.2. The Kier molecular flexibility index (Phi) is 11.8. The van der Waals surface area contributed by atoms with E-state index in [4.69, 9.17) is 14.5 Å². The molecule has 7 nitrogen and oxygen atoms in total. The molecule has 0 radical (unpaired) electrons. The Balaban J connectivity index is 0.00000420. The van der Waals surface area contributed by atoms with E-state index in [2.05, 4.69) is 21.9 Å². The van der Waals surface area contributed by atoms with E-state index in [0.717, 1.165) is 50.1 Å². The topological polar surface area (TPSA) is 84.8 Å². The molecular weight excluding hydrogens is 523 g/mol. The van der Waals surface area contributed by atoms with E-state index in [1.165, 1.54) is 11.3 Å². The SMILES string of the molecule is CCNC(=NCC1(SC)CCOCC1)NC(C)c1nc(C)c(C(=O)OCC)s1.I. The summed E-state index contributed by atoms with van der Waals surface area (Å²) in [4.78, 5) is 22.0. The Bertz CT molecular complexity index is 678. The number of hydrogen-bond donors (Lipinski definition) is 2. The first kappa shape index (κ1) is 26.4. The lowest BCUT2D eigenvalue weighted by molar-refractivity contribution is 0.0531. The molecule has 1 fully saturated rings. The molecule has 2 rings (SSSR count). The van der Waals surface area contributed by atoms with Crippen molar-refractivity contribution < 1.29 is 14.3 Å². The molecule has 1 saturated heterocycles. The van der Waals surface area contributed by atoms with Crippen molar-refractivity contribution in [2.75, 3.05) is 39.2 Å². The molecular formula is C19H33IN4O3S2. The summed E-state index contributed by atoms with van der Waals surface area (Å²) >= 11 is 3.25. The molecule has 29 heavy (non-hydrogen) atoms. The van der Waals surface area contributed by atoms with E-state index in [0.29, 0.717) is 17.2 Å². The minimum Gasteiger partial charge on any atom is -0.462 e. The van der Waals surface area contributed by atoms with Gasteiger partial charge in [0, 0.05) is 24.5 Å². The van der Waals surface area contributed by atoms with Crippen LogP contribution in [0.1, 0.15) is 60.0 Å². The summed E-state index contributed by atoms with van der Waals surface area (Å²) in [5.74, 6) is 0.457. The van der Waals surface area contributed by atoms with Crippen LogP contribution in [0.2, 0.25) is 0 Å². The van der Waals surface area contributed by atoms with Crippen molar-refractivity contribution >= 4 is 59.0 Å². The zero-order valence-corrected chi connectivity index (χ0v) is 21.8. The van der Waals surface area contributed by atoms with Gasteiger partial charge in [-0.15, -0.1) is 35.3 Å². The number of halogens is 1. The Morgan fingerprint density at radius 3 is 2.69 bits per heavy atom. The van der Waals surface area contributed by atoms with E-state index >= 15 is 0 Å². The number of rotatable bonds is 8. The number of nitrogens with one attached hydrogen (secondary N) is 2. The van der Waals surface area contributed by atoms with Crippen molar-refractivity contribution in [2.24, 2.45) is 4.99 Å². The van der Waals surface area contributed by atoms with Gasteiger partial charge in [-0.05, 0) is 46.8 Å². The number of guanidine groups is 1. The molecule has 166 valence electrons. The molecule has 2 N–H and O–H groups in total. The van der Waals surface area contributed by atoms with Crippen molar-refractivity contribution in [1.29, 1.82) is 0 Å². The number of hydrogen-bond acceptors (Lipinski definition) is 7. The molecule has 0 bridgehead atoms. The van der Waals surface area contributed by atoms with Crippen LogP contribution >= 0.6 is 47.1 Å². The van der Waals surface area contributed by atoms with Crippen LogP contribution in [-0.4, -0.2) is 60.8 Å². The Labute approximate surface area is 199 Å². The molecule has 1 aliphatic rings. The number of thiazole rings is 1. The largest absolute Gasteiger partial charge is 0.462 e. The van der Waals surface area contributed by atoms with E-state index < -0.39 is 0 Å². The smallest absolute Gasteiger partial charge is 0.350 e. The summed E-state index contributed by atoms with van der Waals surface area (Å²) in [6.45, 7) is 11.2. The number of nitrogens with zero attached hydrogens (tertiary/aromatic N) is 2. The van der Waals surface area contributed by atoms with Crippen LogP contribution in [0.5, 0.6) is 0 Å². The summed E-state index contributed by atoms with van der Waals surface area (Å²) in [6, 6.07) is -0.0652. The number of esters is 1. The van der Waals surface area contributed by atoms with Gasteiger partial charge < -0.3 is 20.1 Å². The Hall–Kier alpha value is -0.590. The van der Waals surface area contributed by atoms with Crippen molar-refractivity contribution in [2.45, 2.75) is 51.3 Å². The predicted molar refractivity (Wildman–Crippen MR) is 132 cm³/mol. The van der Waals surface area contributed by atoms with Crippen LogP contribution in [0.15, 0.2) is 4.99 Å². The number of carbonyl (C=O) groups is 1. The van der Waals surface area contributed by atoms with Crippen LogP contribution in [0.4, 0.5) is 0 Å². The van der Waals surface area contributed by atoms with Gasteiger partial charge in [-0.2, -0.15) is 11.8 Å². The fourth-order valence-corrected chi connectivity index (χ4v) is 4.70. The number of aromatic nitrogens is 1. The molecule has 1 atom stereocenters. The van der Waals surface area contributed by atoms with Gasteiger partial charge >= 0.3 is 5.97 Å². The van der Waals surface area contributed by atoms with E-state index in [1.807, 2.05) is 32.5 Å². The van der Waals surface area contributed by atoms with E-state index in [-0.39, 0.29) is 40.7 Å². The second-order valence-electron chi connectivity index (χ2n) is 6.75. The highest BCUT2D eigenvalue weighted by molar-refractivity contribution is 14.0. The molecule has 1 aliphatic heterocycles. The monoisotopic (exact) mass is 556 g/mol. The molecule has 0 amide bonds. The summed E-state index contributed by atoms with van der Waals surface area (Å²) < 4.78 is 10.8. The molecule has 0 spiro atoms. The number of carbonyl (C=O) groups excluding carboxylic acids is 1. The molecule has 10 heteroatoms. The summed E-state index contributed by atoms with van der Waals surface area (Å²) in [6.07, 6.45) is 4.18. The lowest BCUT2D eigenvalue weighted by atomic mass is 9.99. The Morgan fingerprint density at radius 2 is 2.10 bits per heavy atom. The maximum absolute atomic E-state index is 12.1. The third-order valence-corrected chi connectivity index (χ3v) is 7.43. The third kappa shape index (κ3) is 7.55. The average molecular weight is 557 g/mol. The number of ether oxygens (including phenoxy) is 2. The van der Waals surface area contributed by atoms with Crippen molar-refractivity contribution in [3.8, 4) is 0 Å². The Morgan fingerprint density at radius 1 is 1.41 bits per heavy atom. The van der Waals surface area contributed by atoms with Gasteiger partial charge in [0.15, 0.2) is 5.96 Å². The number of aryl methyl sites for hydroxylation is 1. The van der Waals surface area contributed by atoms with Crippen molar-refractivity contribution in [3.05, 3.63) is 15.6 Å². The van der Waals surface area contributed by atoms with Gasteiger partial charge in [-0.3, -0.25) is 4.99 Å². The molecule has 1 unspecified atom stereocenters. The summed E-state index contributed by atoms with van der Waals surface area (Å²) in [5, 5.41) is 7.58. The number of thioether (sulfide) groups is 1. The van der Waals surface area contributed by atoms with Gasteiger partial charge in [-0.25, -0.2) is 9.78 Å². The van der Waals surface area contributed by atoms with Crippen molar-refractivity contribution in [1.82, 2.24) is 15.6 Å². The zero-order chi connectivity index (χ0) is 20.6. The molecule has 0 saturated carbocycles. The van der Waals surface area contributed by atoms with Gasteiger partial charge in [0.1, 0.15) is 9.88 Å². The summed E-state index contributed by atoms with van der Waals surface area (Å²) in [7, 11) is 0. The van der Waals surface area contributed by atoms with E-state index in [1.54, 1.807) is 6.92 Å². The second-order valence-corrected chi connectivity index (χ2v) is 9.05. The first-order chi connectivity index (χ1) is 13.4. The lowest BCUT2D eigenvalue weighted by Gasteiger charge is -2.34. The van der Waals surface area contributed by atoms with Gasteiger partial charge in [0.05, 0.1) is 24.9 Å². The second kappa shape index (κ2) is 13.0. The lowest BCUT2D eigenvalue weighted by Crippen LogP contribution is -2.41. The predicted octanol–water partition coefficient (Wildman–Crippen LogP) is 3.77. The van der Waals surface area contributed by atoms with Crippen LogP contribution in [0.3, 0.4) is 0 Å². The fraction of sp³-hybridized carbons (Fsp3) is 0.737. The van der Waals surface area contributed by atoms with Gasteiger partial charge in [-0.1, -0.05) is 0 Å². The van der Waals surface area contributed by atoms with E-state index in [9.17, 15) is 4.79 Å². The minimum absolute atomic E-state index is 0. The van der Waals surface area contributed by atoms with Crippen LogP contribution in [0.25, 0.3) is 0 Å². The van der Waals surface area contributed by atoms with Crippen LogP contribution in [0, 0.1) is 6.92 Å². The van der Waals surface area contributed by atoms with Gasteiger partial charge in [0.2, 0.25) is 0 Å². The summed E-state index contributed by atoms with van der Waals surface area (Å²) in [5.41, 5.74) is 0.706. The molecule has 2 heterocycles. The third-order valence-electron chi connectivity index (χ3n) is 4.70. The molecule has 0 aromatic carbocycles. The maximum atomic E-state index is 12.1. The fourth-order valence-electron chi connectivity index (χ4n) is 2.97. The highest BCUT2D eigenvalue weighted by atomic mass is 127. The maximum Gasteiger partial charge on any atom is 0.350 e. The minimum atomic E-state index is -0.307. The highest BCUT2D eigenvalue weighted by Gasteiger charge is 2.31. The zero-order valence-electron chi connectivity index (χ0n) is 17.9. The molecule has 1 aromatic rings. The molecule has 0 aliphatic carbocycles. The average Bonchev–Trinajstić information content (AvgIpc) is 3.09. The molecule has 1 aromatic heterocycles. The first-order valence-electron chi connectivity index (χ1n) is 9.77. The highest BCUT2D eigenvalue weighted by Crippen LogP contribution is 2.34. The number of aliphatic imine (C=N–C) groups is 1. The van der Waals surface area contributed by atoms with Crippen LogP contribution in [-0.2, 0) is 9.47 Å². The van der Waals surface area contributed by atoms with Crippen LogP contribution < -0.4 is 10.6 Å². The van der Waals surface area contributed by atoms with Crippen molar-refractivity contribution in [3.63, 3.8) is 0 Å². The first-order valence-corrected chi connectivity index (χ1v) is 11.8.